The first-order valence-electron chi connectivity index (χ1n) is 9.35. The number of aromatic nitrogens is 4. The topological polar surface area (TPSA) is 64.2 Å². The third-order valence-corrected chi connectivity index (χ3v) is 5.41. The molecule has 3 aromatic heterocycles. The fourth-order valence-corrected chi connectivity index (χ4v) is 3.97. The van der Waals surface area contributed by atoms with Crippen LogP contribution in [0.3, 0.4) is 0 Å². The number of aryl methyl sites for hydroxylation is 1. The Morgan fingerprint density at radius 2 is 1.93 bits per heavy atom. The standard InChI is InChI=1S/C21H21N5O/c1-25-12-17-10-15(2-4-18(17)24-25)19-11-21(27)26-13-16(3-5-20(26)23-19)14-6-8-22-9-7-14/h2-5,10-14,22H,6-9H2,1H3. The number of fused-ring (bicyclic) bond motifs is 2. The lowest BCUT2D eigenvalue weighted by Gasteiger charge is -2.23. The first kappa shape index (κ1) is 16.2. The van der Waals surface area contributed by atoms with E-state index in [9.17, 15) is 4.79 Å². The first-order chi connectivity index (χ1) is 13.2. The fourth-order valence-electron chi connectivity index (χ4n) is 3.97. The predicted molar refractivity (Wildman–Crippen MR) is 106 cm³/mol. The van der Waals surface area contributed by atoms with E-state index in [1.54, 1.807) is 15.1 Å². The van der Waals surface area contributed by atoms with Crippen molar-refractivity contribution in [1.82, 2.24) is 24.5 Å². The lowest BCUT2D eigenvalue weighted by atomic mass is 9.91. The number of hydrogen-bond acceptors (Lipinski definition) is 4. The molecule has 0 unspecified atom stereocenters. The average Bonchev–Trinajstić information content (AvgIpc) is 3.07. The minimum atomic E-state index is -0.0444. The molecule has 136 valence electrons. The van der Waals surface area contributed by atoms with E-state index in [1.807, 2.05) is 43.7 Å². The third-order valence-electron chi connectivity index (χ3n) is 5.41. The van der Waals surface area contributed by atoms with Crippen LogP contribution in [0.15, 0.2) is 53.6 Å². The SMILES string of the molecule is Cn1cc2cc(-c3cc(=O)n4cc(C5CCNCC5)ccc4n3)ccc2n1. The summed E-state index contributed by atoms with van der Waals surface area (Å²) in [5, 5.41) is 8.82. The maximum Gasteiger partial charge on any atom is 0.258 e. The summed E-state index contributed by atoms with van der Waals surface area (Å²) in [4.78, 5) is 17.5. The Morgan fingerprint density at radius 3 is 2.78 bits per heavy atom. The summed E-state index contributed by atoms with van der Waals surface area (Å²) in [5.74, 6) is 0.509. The second-order valence-corrected chi connectivity index (χ2v) is 7.27. The van der Waals surface area contributed by atoms with Crippen molar-refractivity contribution >= 4 is 16.6 Å². The lowest BCUT2D eigenvalue weighted by molar-refractivity contribution is 0.459. The highest BCUT2D eigenvalue weighted by molar-refractivity contribution is 5.83. The van der Waals surface area contributed by atoms with Crippen LogP contribution in [-0.2, 0) is 7.05 Å². The van der Waals surface area contributed by atoms with Gasteiger partial charge < -0.3 is 5.32 Å². The van der Waals surface area contributed by atoms with Crippen LogP contribution in [0.2, 0.25) is 0 Å². The third kappa shape index (κ3) is 2.92. The molecule has 1 N–H and O–H groups in total. The van der Waals surface area contributed by atoms with Crippen molar-refractivity contribution in [3.05, 3.63) is 64.7 Å². The Balaban J connectivity index is 1.58. The van der Waals surface area contributed by atoms with E-state index >= 15 is 0 Å². The van der Waals surface area contributed by atoms with E-state index in [1.165, 1.54) is 5.56 Å². The van der Waals surface area contributed by atoms with Crippen molar-refractivity contribution in [3.8, 4) is 11.3 Å². The van der Waals surface area contributed by atoms with Gasteiger partial charge in [-0.05, 0) is 55.6 Å². The molecule has 0 bridgehead atoms. The van der Waals surface area contributed by atoms with Crippen LogP contribution in [0.5, 0.6) is 0 Å². The number of pyridine rings is 1. The van der Waals surface area contributed by atoms with Crippen molar-refractivity contribution < 1.29 is 0 Å². The van der Waals surface area contributed by atoms with Gasteiger partial charge in [0.05, 0.1) is 11.2 Å². The Hall–Kier alpha value is -2.99. The Morgan fingerprint density at radius 1 is 1.07 bits per heavy atom. The molecule has 6 heteroatoms. The molecule has 1 saturated heterocycles. The summed E-state index contributed by atoms with van der Waals surface area (Å²) in [6.07, 6.45) is 6.15. The average molecular weight is 359 g/mol. The molecule has 0 saturated carbocycles. The molecule has 1 aliphatic heterocycles. The minimum absolute atomic E-state index is 0.0444. The maximum atomic E-state index is 12.8. The molecule has 4 aromatic rings. The van der Waals surface area contributed by atoms with Crippen LogP contribution >= 0.6 is 0 Å². The molecule has 1 fully saturated rings. The predicted octanol–water partition coefficient (Wildman–Crippen LogP) is 2.72. The lowest BCUT2D eigenvalue weighted by Crippen LogP contribution is -2.27. The summed E-state index contributed by atoms with van der Waals surface area (Å²) in [7, 11) is 1.90. The molecular formula is C21H21N5O. The molecule has 0 spiro atoms. The van der Waals surface area contributed by atoms with Gasteiger partial charge in [0.25, 0.3) is 5.56 Å². The molecule has 0 radical (unpaired) electrons. The van der Waals surface area contributed by atoms with E-state index in [-0.39, 0.29) is 5.56 Å². The van der Waals surface area contributed by atoms with Crippen LogP contribution < -0.4 is 10.9 Å². The van der Waals surface area contributed by atoms with Gasteiger partial charge >= 0.3 is 0 Å². The zero-order valence-electron chi connectivity index (χ0n) is 15.2. The molecule has 0 aliphatic carbocycles. The van der Waals surface area contributed by atoms with Crippen molar-refractivity contribution in [2.24, 2.45) is 7.05 Å². The number of nitrogens with one attached hydrogen (secondary N) is 1. The Labute approximate surface area is 156 Å². The van der Waals surface area contributed by atoms with Gasteiger partial charge in [-0.2, -0.15) is 5.10 Å². The molecule has 5 rings (SSSR count). The van der Waals surface area contributed by atoms with Gasteiger partial charge in [-0.25, -0.2) is 4.98 Å². The van der Waals surface area contributed by atoms with E-state index < -0.39 is 0 Å². The van der Waals surface area contributed by atoms with E-state index in [2.05, 4.69) is 16.5 Å². The number of hydrogen-bond donors (Lipinski definition) is 1. The number of piperidine rings is 1. The van der Waals surface area contributed by atoms with E-state index in [0.717, 1.165) is 42.4 Å². The summed E-state index contributed by atoms with van der Waals surface area (Å²) in [5.41, 5.74) is 4.42. The van der Waals surface area contributed by atoms with Crippen molar-refractivity contribution in [3.63, 3.8) is 0 Å². The quantitative estimate of drug-likeness (QED) is 0.598. The first-order valence-corrected chi connectivity index (χ1v) is 9.35. The Bertz CT molecular complexity index is 1200. The second-order valence-electron chi connectivity index (χ2n) is 7.27. The van der Waals surface area contributed by atoms with Gasteiger partial charge in [-0.3, -0.25) is 13.9 Å². The van der Waals surface area contributed by atoms with Gasteiger partial charge in [-0.1, -0.05) is 12.1 Å². The van der Waals surface area contributed by atoms with Crippen molar-refractivity contribution in [1.29, 1.82) is 0 Å². The van der Waals surface area contributed by atoms with Crippen LogP contribution in [0.4, 0.5) is 0 Å². The highest BCUT2D eigenvalue weighted by atomic mass is 16.1. The molecule has 1 aromatic carbocycles. The van der Waals surface area contributed by atoms with Crippen molar-refractivity contribution in [2.45, 2.75) is 18.8 Å². The van der Waals surface area contributed by atoms with Gasteiger partial charge in [0.2, 0.25) is 0 Å². The largest absolute Gasteiger partial charge is 0.317 e. The zero-order valence-corrected chi connectivity index (χ0v) is 15.2. The smallest absolute Gasteiger partial charge is 0.258 e. The molecule has 4 heterocycles. The molecule has 0 amide bonds. The Kier molecular flexibility index (Phi) is 3.79. The van der Waals surface area contributed by atoms with Gasteiger partial charge in [0.15, 0.2) is 0 Å². The molecule has 0 atom stereocenters. The van der Waals surface area contributed by atoms with Gasteiger partial charge in [0.1, 0.15) is 5.65 Å². The summed E-state index contributed by atoms with van der Waals surface area (Å²) >= 11 is 0. The van der Waals surface area contributed by atoms with Crippen LogP contribution in [-0.4, -0.2) is 32.3 Å². The molecule has 1 aliphatic rings. The fraction of sp³-hybridized carbons (Fsp3) is 0.286. The number of nitrogens with zero attached hydrogens (tertiary/aromatic N) is 4. The van der Waals surface area contributed by atoms with Crippen LogP contribution in [0, 0.1) is 0 Å². The summed E-state index contributed by atoms with van der Waals surface area (Å²) < 4.78 is 3.46. The number of benzene rings is 1. The number of rotatable bonds is 2. The van der Waals surface area contributed by atoms with Gasteiger partial charge in [-0.15, -0.1) is 0 Å². The second kappa shape index (κ2) is 6.32. The van der Waals surface area contributed by atoms with Gasteiger partial charge in [0, 0.05) is 36.5 Å². The van der Waals surface area contributed by atoms with Crippen molar-refractivity contribution in [2.75, 3.05) is 13.1 Å². The monoisotopic (exact) mass is 359 g/mol. The summed E-state index contributed by atoms with van der Waals surface area (Å²) in [6.45, 7) is 2.07. The summed E-state index contributed by atoms with van der Waals surface area (Å²) in [6, 6.07) is 11.7. The maximum absolute atomic E-state index is 12.8. The minimum Gasteiger partial charge on any atom is -0.317 e. The van der Waals surface area contributed by atoms with E-state index in [0.29, 0.717) is 17.3 Å². The molecule has 6 nitrogen and oxygen atoms in total. The molecular weight excluding hydrogens is 338 g/mol. The van der Waals surface area contributed by atoms with Crippen LogP contribution in [0.25, 0.3) is 27.8 Å². The molecule has 27 heavy (non-hydrogen) atoms. The highest BCUT2D eigenvalue weighted by Gasteiger charge is 2.16. The normalized spacial score (nSPS) is 15.6. The van der Waals surface area contributed by atoms with Crippen LogP contribution in [0.1, 0.15) is 24.3 Å². The highest BCUT2D eigenvalue weighted by Crippen LogP contribution is 2.26. The van der Waals surface area contributed by atoms with E-state index in [4.69, 9.17) is 4.98 Å². The zero-order chi connectivity index (χ0) is 18.4.